The molecule has 7 atom stereocenters. The Morgan fingerprint density at radius 3 is 2.65 bits per heavy atom. The van der Waals surface area contributed by atoms with Gasteiger partial charge in [-0.15, -0.1) is 0 Å². The first kappa shape index (κ1) is 33.7. The summed E-state index contributed by atoms with van der Waals surface area (Å²) in [5, 5.41) is 28.4. The highest BCUT2D eigenvalue weighted by Crippen LogP contribution is 2.51. The molecule has 0 aromatic heterocycles. The first-order valence-electron chi connectivity index (χ1n) is 16.7. The Balaban J connectivity index is 1.40. The maximum Gasteiger partial charge on any atom is 0.328 e. The van der Waals surface area contributed by atoms with Crippen LogP contribution in [0.2, 0.25) is 0 Å². The SMILES string of the molecule is CO[C@@H]1CC(=O)Nc2c(O)c3cc4c2[C@@H](/C=C/C=C/C[C@H](OC(=O)[C@@H](C)NC(=O)C2CCCCC2)[C@H](C)[C@@H](O)/C(C)=C\CC3)[C@@H]1O4. The molecule has 0 radical (unpaired) electrons. The number of ether oxygens (including phenoxy) is 3. The number of nitrogens with one attached hydrogen (secondary N) is 2. The lowest BCUT2D eigenvalue weighted by atomic mass is 9.86. The topological polar surface area (TPSA) is 143 Å². The number of fused-ring (bicyclic) bond motifs is 8. The zero-order valence-electron chi connectivity index (χ0n) is 27.3. The van der Waals surface area contributed by atoms with Crippen LogP contribution in [0, 0.1) is 11.8 Å². The summed E-state index contributed by atoms with van der Waals surface area (Å²) >= 11 is 0. The van der Waals surface area contributed by atoms with Crippen LogP contribution in [0.3, 0.4) is 0 Å². The van der Waals surface area contributed by atoms with Gasteiger partial charge in [0.25, 0.3) is 0 Å². The molecule has 250 valence electrons. The van der Waals surface area contributed by atoms with Gasteiger partial charge in [0.05, 0.1) is 18.2 Å². The molecule has 1 fully saturated rings. The number of rotatable bonds is 5. The van der Waals surface area contributed by atoms with Crippen LogP contribution in [-0.4, -0.2) is 65.6 Å². The number of carbonyl (C=O) groups excluding carboxylic acids is 3. The Labute approximate surface area is 271 Å². The minimum atomic E-state index is -0.890. The molecule has 6 bridgehead atoms. The quantitative estimate of drug-likeness (QED) is 0.201. The maximum absolute atomic E-state index is 13.2. The van der Waals surface area contributed by atoms with Gasteiger partial charge < -0.3 is 35.1 Å². The van der Waals surface area contributed by atoms with E-state index in [4.69, 9.17) is 14.2 Å². The van der Waals surface area contributed by atoms with Crippen LogP contribution in [0.15, 0.2) is 42.0 Å². The van der Waals surface area contributed by atoms with Gasteiger partial charge in [-0.25, -0.2) is 4.79 Å². The standard InChI is InChI=1S/C36H48N2O8/c1-20-12-11-15-24-18-27-30-25(34(45-27)28(44-4)19-29(39)38-31(30)33(24)41)16-9-6-10-17-26(21(2)32(20)40)46-36(43)22(3)37-35(42)23-13-7-5-8-14-23/h6,9-10,12,16,18,21-23,25-26,28,32,34,40-41H,5,7-8,11,13-15,17,19H2,1-4H3,(H,37,42)(H,38,39)/b10-6+,16-9+,20-12-/t21-,22+,25+,26-,28+,32-,34-/m0/s1. The van der Waals surface area contributed by atoms with Crippen molar-refractivity contribution in [2.45, 2.75) is 115 Å². The number of phenolic OH excluding ortho intramolecular Hbond substituents is 1. The van der Waals surface area contributed by atoms with Crippen molar-refractivity contribution in [2.75, 3.05) is 12.4 Å². The summed E-state index contributed by atoms with van der Waals surface area (Å²) in [4.78, 5) is 38.8. The van der Waals surface area contributed by atoms with Crippen LogP contribution in [0.1, 0.15) is 89.2 Å². The van der Waals surface area contributed by atoms with Gasteiger partial charge in [-0.3, -0.25) is 9.59 Å². The number of esters is 1. The van der Waals surface area contributed by atoms with Gasteiger partial charge in [0, 0.05) is 42.4 Å². The number of hydrogen-bond donors (Lipinski definition) is 4. The van der Waals surface area contributed by atoms with Crippen molar-refractivity contribution in [1.29, 1.82) is 0 Å². The zero-order chi connectivity index (χ0) is 33.0. The molecule has 0 unspecified atom stereocenters. The predicted octanol–water partition coefficient (Wildman–Crippen LogP) is 4.98. The second-order valence-corrected chi connectivity index (χ2v) is 13.2. The van der Waals surface area contributed by atoms with Crippen molar-refractivity contribution < 1.29 is 38.8 Å². The van der Waals surface area contributed by atoms with Crippen molar-refractivity contribution in [3.8, 4) is 11.5 Å². The normalized spacial score (nSPS) is 31.7. The van der Waals surface area contributed by atoms with E-state index in [0.717, 1.165) is 32.1 Å². The zero-order valence-corrected chi connectivity index (χ0v) is 27.3. The van der Waals surface area contributed by atoms with Crippen molar-refractivity contribution in [3.05, 3.63) is 53.1 Å². The van der Waals surface area contributed by atoms with Gasteiger partial charge >= 0.3 is 5.97 Å². The predicted molar refractivity (Wildman–Crippen MR) is 174 cm³/mol. The number of carbonyl (C=O) groups is 3. The van der Waals surface area contributed by atoms with Gasteiger partial charge in [-0.2, -0.15) is 0 Å². The number of aliphatic hydroxyl groups excluding tert-OH is 1. The molecule has 3 aliphatic carbocycles. The lowest BCUT2D eigenvalue weighted by Crippen LogP contribution is -2.45. The van der Waals surface area contributed by atoms with Crippen LogP contribution >= 0.6 is 0 Å². The largest absolute Gasteiger partial charge is 0.505 e. The molecule has 0 saturated heterocycles. The highest BCUT2D eigenvalue weighted by molar-refractivity contribution is 5.95. The molecule has 10 heteroatoms. The van der Waals surface area contributed by atoms with E-state index in [1.165, 1.54) is 0 Å². The number of benzene rings is 1. The van der Waals surface area contributed by atoms with E-state index in [1.54, 1.807) is 14.0 Å². The molecule has 2 aliphatic heterocycles. The summed E-state index contributed by atoms with van der Waals surface area (Å²) in [6.45, 7) is 5.33. The molecule has 1 saturated carbocycles. The van der Waals surface area contributed by atoms with Gasteiger partial charge in [-0.05, 0) is 51.2 Å². The summed E-state index contributed by atoms with van der Waals surface area (Å²) in [6, 6.07) is 1.02. The number of aromatic hydroxyl groups is 1. The Hall–Kier alpha value is -3.63. The van der Waals surface area contributed by atoms with E-state index < -0.39 is 42.3 Å². The lowest BCUT2D eigenvalue weighted by Gasteiger charge is -2.29. The maximum atomic E-state index is 13.2. The first-order chi connectivity index (χ1) is 22.1. The third kappa shape index (κ3) is 7.33. The number of amides is 2. The van der Waals surface area contributed by atoms with E-state index in [1.807, 2.05) is 50.3 Å². The third-order valence-electron chi connectivity index (χ3n) is 9.97. The molecular formula is C36H48N2O8. The number of allylic oxidation sites excluding steroid dienone is 3. The van der Waals surface area contributed by atoms with Crippen molar-refractivity contribution in [2.24, 2.45) is 11.8 Å². The second-order valence-electron chi connectivity index (χ2n) is 13.2. The fourth-order valence-corrected chi connectivity index (χ4v) is 7.11. The average molecular weight is 637 g/mol. The van der Waals surface area contributed by atoms with Crippen molar-refractivity contribution in [3.63, 3.8) is 0 Å². The lowest BCUT2D eigenvalue weighted by molar-refractivity contribution is -0.156. The molecule has 2 heterocycles. The highest BCUT2D eigenvalue weighted by atomic mass is 16.5. The van der Waals surface area contributed by atoms with Crippen LogP contribution in [-0.2, 0) is 30.3 Å². The molecule has 2 amide bonds. The monoisotopic (exact) mass is 636 g/mol. The van der Waals surface area contributed by atoms with E-state index in [0.29, 0.717) is 47.4 Å². The highest BCUT2D eigenvalue weighted by Gasteiger charge is 2.44. The number of anilines is 1. The molecule has 6 rings (SSSR count). The minimum absolute atomic E-state index is 0.0159. The van der Waals surface area contributed by atoms with E-state index in [-0.39, 0.29) is 35.8 Å². The summed E-state index contributed by atoms with van der Waals surface area (Å²) in [5.41, 5.74) is 2.41. The third-order valence-corrected chi connectivity index (χ3v) is 9.97. The molecular weight excluding hydrogens is 588 g/mol. The first-order valence-corrected chi connectivity index (χ1v) is 16.7. The molecule has 4 N–H and O–H groups in total. The number of methoxy groups -OCH3 is 1. The van der Waals surface area contributed by atoms with Gasteiger partial charge in [0.2, 0.25) is 11.8 Å². The van der Waals surface area contributed by atoms with Gasteiger partial charge in [0.15, 0.2) is 0 Å². The average Bonchev–Trinajstić information content (AvgIpc) is 3.42. The van der Waals surface area contributed by atoms with Crippen LogP contribution in [0.25, 0.3) is 0 Å². The molecule has 46 heavy (non-hydrogen) atoms. The number of aryl methyl sites for hydroxylation is 1. The van der Waals surface area contributed by atoms with Crippen LogP contribution < -0.4 is 15.4 Å². The minimum Gasteiger partial charge on any atom is -0.505 e. The van der Waals surface area contributed by atoms with Crippen LogP contribution in [0.5, 0.6) is 11.5 Å². The summed E-state index contributed by atoms with van der Waals surface area (Å²) in [5.74, 6) is -1.08. The Kier molecular flexibility index (Phi) is 10.9. The van der Waals surface area contributed by atoms with Crippen molar-refractivity contribution in [1.82, 2.24) is 5.32 Å². The van der Waals surface area contributed by atoms with Gasteiger partial charge in [0.1, 0.15) is 35.9 Å². The molecule has 0 spiro atoms. The summed E-state index contributed by atoms with van der Waals surface area (Å²) < 4.78 is 18.0. The molecule has 1 aromatic carbocycles. The fraction of sp³-hybridized carbons (Fsp3) is 0.583. The van der Waals surface area contributed by atoms with E-state index >= 15 is 0 Å². The Morgan fingerprint density at radius 2 is 1.91 bits per heavy atom. The van der Waals surface area contributed by atoms with E-state index in [9.17, 15) is 24.6 Å². The molecule has 10 nitrogen and oxygen atoms in total. The number of phenols is 1. The second kappa shape index (κ2) is 14.9. The fourth-order valence-electron chi connectivity index (χ4n) is 7.11. The number of hydrogen-bond acceptors (Lipinski definition) is 8. The van der Waals surface area contributed by atoms with Gasteiger partial charge in [-0.1, -0.05) is 56.6 Å². The number of aliphatic hydroxyl groups is 1. The Morgan fingerprint density at radius 1 is 1.15 bits per heavy atom. The Bertz CT molecular complexity index is 1390. The summed E-state index contributed by atoms with van der Waals surface area (Å²) in [7, 11) is 1.56. The van der Waals surface area contributed by atoms with Crippen molar-refractivity contribution >= 4 is 23.5 Å². The smallest absolute Gasteiger partial charge is 0.328 e. The molecule has 1 aromatic rings. The molecule has 5 aliphatic rings. The summed E-state index contributed by atoms with van der Waals surface area (Å²) in [6.07, 6.45) is 13.2. The van der Waals surface area contributed by atoms with E-state index in [2.05, 4.69) is 10.6 Å². The van der Waals surface area contributed by atoms with Crippen LogP contribution in [0.4, 0.5) is 5.69 Å².